The molecule has 0 bridgehead atoms. The zero-order valence-electron chi connectivity index (χ0n) is 62.6. The van der Waals surface area contributed by atoms with E-state index in [1.165, 1.54) is 64.2 Å². The van der Waals surface area contributed by atoms with Crippen LogP contribution < -0.4 is 0 Å². The zero-order valence-corrected chi connectivity index (χ0v) is 64.4. The Morgan fingerprint density at radius 2 is 0.540 bits per heavy atom. The Labute approximate surface area is 606 Å². The second-order valence-electron chi connectivity index (χ2n) is 25.5. The Morgan fingerprint density at radius 1 is 0.290 bits per heavy atom. The van der Waals surface area contributed by atoms with Crippen molar-refractivity contribution in [1.82, 2.24) is 0 Å². The van der Waals surface area contributed by atoms with Gasteiger partial charge >= 0.3 is 39.5 Å². The maximum absolute atomic E-state index is 13.1. The molecule has 0 heterocycles. The van der Waals surface area contributed by atoms with Crippen LogP contribution in [0.5, 0.6) is 0 Å². The number of aliphatic hydroxyl groups is 1. The number of carbonyl (C=O) groups excluding carboxylic acids is 4. The summed E-state index contributed by atoms with van der Waals surface area (Å²) in [4.78, 5) is 72.8. The highest BCUT2D eigenvalue weighted by Crippen LogP contribution is 2.45. The van der Waals surface area contributed by atoms with Crippen LogP contribution in [0.3, 0.4) is 0 Å². The molecule has 5 atom stereocenters. The fourth-order valence-corrected chi connectivity index (χ4v) is 11.7. The first-order chi connectivity index (χ1) is 48.7. The van der Waals surface area contributed by atoms with Gasteiger partial charge in [0.2, 0.25) is 0 Å². The number of phosphoric ester groups is 2. The zero-order chi connectivity index (χ0) is 73.2. The molecule has 0 fully saturated rings. The van der Waals surface area contributed by atoms with Gasteiger partial charge in [-0.3, -0.25) is 37.3 Å². The van der Waals surface area contributed by atoms with Gasteiger partial charge in [0.25, 0.3) is 0 Å². The Bertz CT molecular complexity index is 2370. The second-order valence-corrected chi connectivity index (χ2v) is 28.4. The predicted octanol–water partition coefficient (Wildman–Crippen LogP) is 22.3. The van der Waals surface area contributed by atoms with Gasteiger partial charge in [-0.1, -0.05) is 284 Å². The van der Waals surface area contributed by atoms with Crippen molar-refractivity contribution in [1.29, 1.82) is 0 Å². The van der Waals surface area contributed by atoms with E-state index in [0.717, 1.165) is 161 Å². The minimum atomic E-state index is -4.99. The highest BCUT2D eigenvalue weighted by molar-refractivity contribution is 7.47. The highest BCUT2D eigenvalue weighted by atomic mass is 31.2. The van der Waals surface area contributed by atoms with Crippen LogP contribution in [-0.2, 0) is 65.4 Å². The fourth-order valence-electron chi connectivity index (χ4n) is 10.1. The monoisotopic (exact) mass is 1440 g/mol. The Balaban J connectivity index is 5.37. The molecule has 0 saturated carbocycles. The lowest BCUT2D eigenvalue weighted by Gasteiger charge is -2.21. The van der Waals surface area contributed by atoms with Crippen molar-refractivity contribution in [3.63, 3.8) is 0 Å². The van der Waals surface area contributed by atoms with Crippen LogP contribution in [0.1, 0.15) is 310 Å². The van der Waals surface area contributed by atoms with Gasteiger partial charge in [0.05, 0.1) is 26.4 Å². The van der Waals surface area contributed by atoms with E-state index < -0.39 is 97.5 Å². The molecule has 0 saturated heterocycles. The van der Waals surface area contributed by atoms with Crippen LogP contribution in [0.25, 0.3) is 0 Å². The maximum atomic E-state index is 13.1. The fraction of sp³-hybridized carbons (Fsp3) is 0.704. The van der Waals surface area contributed by atoms with E-state index in [2.05, 4.69) is 131 Å². The molecule has 0 aliphatic heterocycles. The molecule has 0 radical (unpaired) electrons. The lowest BCUT2D eigenvalue weighted by atomic mass is 10.1. The number of esters is 4. The summed E-state index contributed by atoms with van der Waals surface area (Å²) in [6.45, 7) is 4.53. The molecule has 0 aromatic heterocycles. The van der Waals surface area contributed by atoms with E-state index in [-0.39, 0.29) is 25.7 Å². The van der Waals surface area contributed by atoms with Gasteiger partial charge in [-0.15, -0.1) is 0 Å². The summed E-state index contributed by atoms with van der Waals surface area (Å²) in [7, 11) is -9.97. The largest absolute Gasteiger partial charge is 0.472 e. The summed E-state index contributed by atoms with van der Waals surface area (Å²) in [5.41, 5.74) is 0. The number of hydrogen-bond donors (Lipinski definition) is 3. The van der Waals surface area contributed by atoms with Crippen LogP contribution >= 0.6 is 15.6 Å². The number of allylic oxidation sites excluding steroid dienone is 20. The first-order valence-electron chi connectivity index (χ1n) is 38.8. The van der Waals surface area contributed by atoms with Crippen molar-refractivity contribution in [2.45, 2.75) is 329 Å². The Kier molecular flexibility index (Phi) is 69.5. The first kappa shape index (κ1) is 95.5. The van der Waals surface area contributed by atoms with E-state index >= 15 is 0 Å². The highest BCUT2D eigenvalue weighted by Gasteiger charge is 2.30. The normalized spacial score (nSPS) is 14.6. The molecular formula is C81H138O17P2. The van der Waals surface area contributed by atoms with Gasteiger partial charge in [-0.25, -0.2) is 9.13 Å². The van der Waals surface area contributed by atoms with Crippen LogP contribution in [-0.4, -0.2) is 96.7 Å². The molecule has 0 aromatic rings. The van der Waals surface area contributed by atoms with Gasteiger partial charge < -0.3 is 33.8 Å². The first-order valence-corrected chi connectivity index (χ1v) is 41.8. The van der Waals surface area contributed by atoms with Crippen LogP contribution in [0.2, 0.25) is 0 Å². The molecule has 0 rings (SSSR count). The van der Waals surface area contributed by atoms with Gasteiger partial charge in [0.1, 0.15) is 19.3 Å². The van der Waals surface area contributed by atoms with Crippen molar-refractivity contribution in [2.24, 2.45) is 0 Å². The molecule has 19 heteroatoms. The van der Waals surface area contributed by atoms with Crippen molar-refractivity contribution in [3.8, 4) is 0 Å². The van der Waals surface area contributed by atoms with Crippen LogP contribution in [0.4, 0.5) is 0 Å². The third-order valence-electron chi connectivity index (χ3n) is 15.9. The molecule has 0 aromatic carbocycles. The Morgan fingerprint density at radius 3 is 0.880 bits per heavy atom. The number of aliphatic hydroxyl groups excluding tert-OH is 1. The van der Waals surface area contributed by atoms with E-state index in [1.54, 1.807) is 0 Å². The number of hydrogen-bond acceptors (Lipinski definition) is 15. The topological polar surface area (TPSA) is 237 Å². The summed E-state index contributed by atoms with van der Waals surface area (Å²) >= 11 is 0. The molecular weight excluding hydrogens is 1310 g/mol. The molecule has 0 amide bonds. The minimum Gasteiger partial charge on any atom is -0.462 e. The van der Waals surface area contributed by atoms with E-state index in [1.807, 2.05) is 18.2 Å². The minimum absolute atomic E-state index is 0.0334. The molecule has 100 heavy (non-hydrogen) atoms. The number of phosphoric acid groups is 2. The van der Waals surface area contributed by atoms with E-state index in [9.17, 15) is 43.2 Å². The van der Waals surface area contributed by atoms with Gasteiger partial charge in [0, 0.05) is 25.7 Å². The summed E-state index contributed by atoms with van der Waals surface area (Å²) in [5.74, 6) is -2.29. The van der Waals surface area contributed by atoms with E-state index in [4.69, 9.17) is 37.0 Å². The number of carbonyl (C=O) groups is 4. The van der Waals surface area contributed by atoms with Gasteiger partial charge in [-0.05, 0) is 122 Å². The SMILES string of the molecule is CC/C=C\C/C=C\C/C=C\C/C=C\C/C=C\C/C=C\CCC(=O)OCC(COP(=O)(O)OCC(O)COP(=O)(O)OCC(COC(=O)CCCCCCCCC/C=C\C/C=C\C/C=C\CC)OC(=O)CCCCCCCCCCCCC)OC(=O)CCCCCCC/C=C\CCCCCC. The lowest BCUT2D eigenvalue weighted by molar-refractivity contribution is -0.161. The molecule has 0 aliphatic rings. The number of unbranched alkanes of at least 4 members (excludes halogenated alkanes) is 26. The molecule has 5 unspecified atom stereocenters. The molecule has 574 valence electrons. The predicted molar refractivity (Wildman–Crippen MR) is 408 cm³/mol. The molecule has 0 spiro atoms. The standard InChI is InChI=1S/C81H138O17P2/c1-5-9-13-17-21-25-29-32-34-36-37-39-41-44-47-50-54-58-62-66-79(84)92-72-77(98-81(86)68-64-60-56-52-48-42-31-27-23-19-15-11-7-3)74-96-100(89,90)94-70-75(82)69-93-99(87,88)95-73-76(97-80(85)67-63-59-55-51-45-28-24-20-16-12-8-4)71-91-78(83)65-61-57-53-49-46-43-40-38-35-33-30-26-22-18-14-10-6-2/h9-10,13-14,21-22,25-27,31-35,37,39,44,47,54,58,75-77,82H,5-8,11-12,15-20,23-24,28-30,36,38,40-43,45-46,48-53,55-57,59-74H2,1-4H3,(H,87,88)(H,89,90)/b13-9-,14-10-,25-21-,26-22-,31-27-,34-32-,35-33-,39-37-,47-44-,58-54-. The lowest BCUT2D eigenvalue weighted by Crippen LogP contribution is -2.30. The summed E-state index contributed by atoms with van der Waals surface area (Å²) < 4.78 is 68.4. The van der Waals surface area contributed by atoms with Gasteiger partial charge in [-0.2, -0.15) is 0 Å². The average molecular weight is 1450 g/mol. The van der Waals surface area contributed by atoms with Gasteiger partial charge in [0.15, 0.2) is 12.2 Å². The summed E-state index contributed by atoms with van der Waals surface area (Å²) in [6, 6.07) is 0. The third-order valence-corrected chi connectivity index (χ3v) is 17.8. The number of rotatable bonds is 72. The molecule has 17 nitrogen and oxygen atoms in total. The summed E-state index contributed by atoms with van der Waals surface area (Å²) in [5, 5.41) is 10.6. The van der Waals surface area contributed by atoms with E-state index in [0.29, 0.717) is 32.1 Å². The van der Waals surface area contributed by atoms with Crippen molar-refractivity contribution >= 4 is 39.5 Å². The second kappa shape index (κ2) is 72.8. The molecule has 3 N–H and O–H groups in total. The quantitative estimate of drug-likeness (QED) is 0.0169. The van der Waals surface area contributed by atoms with Crippen LogP contribution in [0.15, 0.2) is 122 Å². The smallest absolute Gasteiger partial charge is 0.462 e. The maximum Gasteiger partial charge on any atom is 0.472 e. The number of ether oxygens (including phenoxy) is 4. The summed E-state index contributed by atoms with van der Waals surface area (Å²) in [6.07, 6.45) is 79.2. The Hall–Kier alpha value is -4.54. The third kappa shape index (κ3) is 71.8. The van der Waals surface area contributed by atoms with Crippen molar-refractivity contribution in [3.05, 3.63) is 122 Å². The van der Waals surface area contributed by atoms with Crippen molar-refractivity contribution < 1.29 is 80.2 Å². The average Bonchev–Trinajstić information content (AvgIpc) is 0.940. The van der Waals surface area contributed by atoms with Crippen LogP contribution in [0, 0.1) is 0 Å². The van der Waals surface area contributed by atoms with Crippen molar-refractivity contribution in [2.75, 3.05) is 39.6 Å². The molecule has 0 aliphatic carbocycles.